The quantitative estimate of drug-likeness (QED) is 0.445. The van der Waals surface area contributed by atoms with Gasteiger partial charge in [-0.2, -0.15) is 0 Å². The molecular weight excluding hydrogens is 465 g/mol. The predicted octanol–water partition coefficient (Wildman–Crippen LogP) is 4.89. The summed E-state index contributed by atoms with van der Waals surface area (Å²) in [5.74, 6) is -0.432. The summed E-state index contributed by atoms with van der Waals surface area (Å²) < 4.78 is 13.3. The lowest BCUT2D eigenvalue weighted by Gasteiger charge is -2.47. The number of benzene rings is 3. The maximum Gasteiger partial charge on any atom is 0.246 e. The van der Waals surface area contributed by atoms with Gasteiger partial charge in [-0.3, -0.25) is 9.59 Å². The van der Waals surface area contributed by atoms with Gasteiger partial charge in [0.2, 0.25) is 11.8 Å². The third kappa shape index (κ3) is 3.78. The highest BCUT2D eigenvalue weighted by Crippen LogP contribution is 2.42. The second-order valence-electron chi connectivity index (χ2n) is 9.17. The Morgan fingerprint density at radius 2 is 1.71 bits per heavy atom. The van der Waals surface area contributed by atoms with Crippen molar-refractivity contribution in [3.8, 4) is 0 Å². The number of nitrogens with zero attached hydrogens (tertiary/aromatic N) is 2. The normalized spacial score (nSPS) is 19.7. The zero-order valence-electron chi connectivity index (χ0n) is 18.9. The van der Waals surface area contributed by atoms with Crippen LogP contribution in [-0.4, -0.2) is 45.7 Å². The number of amides is 2. The van der Waals surface area contributed by atoms with E-state index in [0.29, 0.717) is 24.4 Å². The lowest BCUT2D eigenvalue weighted by molar-refractivity contribution is -0.158. The molecule has 35 heavy (non-hydrogen) atoms. The molecule has 0 radical (unpaired) electrons. The third-order valence-corrected chi connectivity index (χ3v) is 7.36. The molecule has 176 valence electrons. The van der Waals surface area contributed by atoms with Crippen molar-refractivity contribution in [1.29, 1.82) is 0 Å². The van der Waals surface area contributed by atoms with E-state index in [0.717, 1.165) is 33.3 Å². The second kappa shape index (κ2) is 8.54. The largest absolute Gasteiger partial charge is 0.356 e. The fourth-order valence-corrected chi connectivity index (χ4v) is 5.55. The van der Waals surface area contributed by atoms with Gasteiger partial charge in [0, 0.05) is 34.6 Å². The van der Waals surface area contributed by atoms with Gasteiger partial charge in [0.1, 0.15) is 11.9 Å². The molecule has 0 spiro atoms. The summed E-state index contributed by atoms with van der Waals surface area (Å²) in [6.45, 7) is 0.434. The van der Waals surface area contributed by atoms with E-state index in [1.54, 1.807) is 21.9 Å². The van der Waals surface area contributed by atoms with Crippen molar-refractivity contribution in [2.24, 2.45) is 0 Å². The van der Waals surface area contributed by atoms with Crippen molar-refractivity contribution in [2.45, 2.75) is 24.9 Å². The van der Waals surface area contributed by atoms with Crippen molar-refractivity contribution in [3.63, 3.8) is 0 Å². The van der Waals surface area contributed by atoms with E-state index in [2.05, 4.69) is 11.1 Å². The first-order valence-electron chi connectivity index (χ1n) is 11.7. The third-order valence-electron chi connectivity index (χ3n) is 7.11. The molecule has 3 heterocycles. The number of piperazine rings is 1. The van der Waals surface area contributed by atoms with Crippen LogP contribution in [0.4, 0.5) is 4.39 Å². The topological polar surface area (TPSA) is 56.4 Å². The van der Waals surface area contributed by atoms with Gasteiger partial charge in [-0.25, -0.2) is 4.39 Å². The van der Waals surface area contributed by atoms with Crippen LogP contribution >= 0.6 is 11.6 Å². The van der Waals surface area contributed by atoms with Gasteiger partial charge in [0.15, 0.2) is 0 Å². The fraction of sp³-hybridized carbons (Fsp3) is 0.214. The van der Waals surface area contributed by atoms with E-state index < -0.39 is 12.1 Å². The van der Waals surface area contributed by atoms with Crippen LogP contribution in [0.3, 0.4) is 0 Å². The lowest BCUT2D eigenvalue weighted by Crippen LogP contribution is -2.63. The standard InChI is InChI=1S/C28H23ClFN3O2/c29-19-9-7-18(8-10-19)27-26-22(21-3-1-2-4-23(21)31-26)15-24-28(35)32(16-25(34)33(24)27)14-13-17-5-11-20(30)12-6-17/h1-12,24,27,31H,13-16H2/t24-,27+/m0/s1. The van der Waals surface area contributed by atoms with E-state index in [-0.39, 0.29) is 24.2 Å². The highest BCUT2D eigenvalue weighted by atomic mass is 35.5. The number of para-hydroxylation sites is 1. The molecule has 2 amide bonds. The molecule has 0 bridgehead atoms. The minimum atomic E-state index is -0.586. The Balaban J connectivity index is 1.38. The molecule has 2 aliphatic heterocycles. The zero-order chi connectivity index (χ0) is 24.1. The van der Waals surface area contributed by atoms with Crippen LogP contribution < -0.4 is 0 Å². The highest BCUT2D eigenvalue weighted by Gasteiger charge is 2.48. The number of hydrogen-bond donors (Lipinski definition) is 1. The molecule has 2 atom stereocenters. The smallest absolute Gasteiger partial charge is 0.246 e. The SMILES string of the molecule is O=C1[C@@H]2Cc3c([nH]c4ccccc34)[C@@H](c3ccc(Cl)cc3)N2C(=O)CN1CCc1ccc(F)cc1. The Hall–Kier alpha value is -3.64. The molecule has 0 aliphatic carbocycles. The van der Waals surface area contributed by atoms with E-state index in [1.807, 2.05) is 42.5 Å². The predicted molar refractivity (Wildman–Crippen MR) is 133 cm³/mol. The van der Waals surface area contributed by atoms with Crippen molar-refractivity contribution in [1.82, 2.24) is 14.8 Å². The van der Waals surface area contributed by atoms with Crippen LogP contribution in [-0.2, 0) is 22.4 Å². The summed E-state index contributed by atoms with van der Waals surface area (Å²) in [4.78, 5) is 34.2. The second-order valence-corrected chi connectivity index (χ2v) is 9.61. The van der Waals surface area contributed by atoms with Crippen molar-refractivity contribution < 1.29 is 14.0 Å². The Bertz CT molecular complexity index is 1430. The summed E-state index contributed by atoms with van der Waals surface area (Å²) in [6.07, 6.45) is 1.02. The van der Waals surface area contributed by atoms with Gasteiger partial charge in [0.25, 0.3) is 0 Å². The van der Waals surface area contributed by atoms with Crippen LogP contribution in [0, 0.1) is 5.82 Å². The Labute approximate surface area is 207 Å². The van der Waals surface area contributed by atoms with Crippen molar-refractivity contribution in [3.05, 3.63) is 106 Å². The molecule has 2 aliphatic rings. The number of nitrogens with one attached hydrogen (secondary N) is 1. The Kier molecular flexibility index (Phi) is 5.33. The highest BCUT2D eigenvalue weighted by molar-refractivity contribution is 6.30. The molecule has 1 fully saturated rings. The average molecular weight is 488 g/mol. The summed E-state index contributed by atoms with van der Waals surface area (Å²) in [6, 6.07) is 20.8. The van der Waals surface area contributed by atoms with Crippen molar-refractivity contribution in [2.75, 3.05) is 13.1 Å². The van der Waals surface area contributed by atoms with Crippen molar-refractivity contribution >= 4 is 34.3 Å². The summed E-state index contributed by atoms with van der Waals surface area (Å²) in [7, 11) is 0. The molecule has 5 nitrogen and oxygen atoms in total. The van der Waals surface area contributed by atoms with Crippen LogP contribution in [0.1, 0.15) is 28.4 Å². The summed E-state index contributed by atoms with van der Waals surface area (Å²) in [5.41, 5.74) is 4.85. The van der Waals surface area contributed by atoms with E-state index in [9.17, 15) is 14.0 Å². The molecule has 1 aromatic heterocycles. The molecule has 3 aromatic carbocycles. The number of carbonyl (C=O) groups is 2. The first kappa shape index (κ1) is 21.9. The summed E-state index contributed by atoms with van der Waals surface area (Å²) >= 11 is 6.15. The molecular formula is C28H23ClFN3O2. The molecule has 7 heteroatoms. The molecule has 6 rings (SSSR count). The molecule has 1 N–H and O–H groups in total. The van der Waals surface area contributed by atoms with Gasteiger partial charge in [-0.15, -0.1) is 0 Å². The number of H-pyrrole nitrogens is 1. The summed E-state index contributed by atoms with van der Waals surface area (Å²) in [5, 5.41) is 1.69. The average Bonchev–Trinajstić information content (AvgIpc) is 3.24. The first-order chi connectivity index (χ1) is 17.0. The Morgan fingerprint density at radius 3 is 2.49 bits per heavy atom. The number of fused-ring (bicyclic) bond motifs is 4. The minimum absolute atomic E-state index is 0.0240. The number of aromatic nitrogens is 1. The Morgan fingerprint density at radius 1 is 0.971 bits per heavy atom. The molecule has 0 unspecified atom stereocenters. The molecule has 1 saturated heterocycles. The monoisotopic (exact) mass is 487 g/mol. The van der Waals surface area contributed by atoms with E-state index in [4.69, 9.17) is 11.6 Å². The van der Waals surface area contributed by atoms with Gasteiger partial charge < -0.3 is 14.8 Å². The molecule has 0 saturated carbocycles. The minimum Gasteiger partial charge on any atom is -0.356 e. The van der Waals surface area contributed by atoms with Crippen LogP contribution in [0.2, 0.25) is 5.02 Å². The van der Waals surface area contributed by atoms with Crippen LogP contribution in [0.15, 0.2) is 72.8 Å². The van der Waals surface area contributed by atoms with E-state index >= 15 is 0 Å². The zero-order valence-corrected chi connectivity index (χ0v) is 19.6. The first-order valence-corrected chi connectivity index (χ1v) is 12.1. The van der Waals surface area contributed by atoms with Gasteiger partial charge >= 0.3 is 0 Å². The van der Waals surface area contributed by atoms with Gasteiger partial charge in [-0.1, -0.05) is 54.1 Å². The van der Waals surface area contributed by atoms with Crippen LogP contribution in [0.5, 0.6) is 0 Å². The molecule has 4 aromatic rings. The van der Waals surface area contributed by atoms with Gasteiger partial charge in [-0.05, 0) is 53.4 Å². The number of rotatable bonds is 4. The maximum absolute atomic E-state index is 13.7. The number of aromatic amines is 1. The fourth-order valence-electron chi connectivity index (χ4n) is 5.42. The maximum atomic E-state index is 13.7. The lowest BCUT2D eigenvalue weighted by atomic mass is 9.86. The van der Waals surface area contributed by atoms with E-state index in [1.165, 1.54) is 12.1 Å². The van der Waals surface area contributed by atoms with Gasteiger partial charge in [0.05, 0.1) is 12.6 Å². The number of hydrogen-bond acceptors (Lipinski definition) is 2. The number of halogens is 2. The van der Waals surface area contributed by atoms with Crippen LogP contribution in [0.25, 0.3) is 10.9 Å². The number of carbonyl (C=O) groups excluding carboxylic acids is 2.